The van der Waals surface area contributed by atoms with Crippen LogP contribution in [0.15, 0.2) is 30.1 Å². The molecule has 0 bridgehead atoms. The molecule has 0 saturated carbocycles. The molecule has 23 heavy (non-hydrogen) atoms. The largest absolute Gasteiger partial charge is 0.350 e. The fourth-order valence-corrected chi connectivity index (χ4v) is 2.27. The maximum Gasteiger partial charge on any atom is 0.263 e. The molecular formula is C16H22N6O. The van der Waals surface area contributed by atoms with Crippen LogP contribution >= 0.6 is 0 Å². The first-order valence-corrected chi connectivity index (χ1v) is 7.70. The standard InChI is InChI=1S/C16H22N6O/c1-13-2-3-19-15(10-13)21-12-14(11-17)16(23)20-6-9-22-7-4-18-5-8-22/h2-3,10,12,18H,4-9H2,1H3,(H,19,21)(H,20,23)/b14-12-. The molecule has 1 saturated heterocycles. The normalized spacial score (nSPS) is 15.7. The highest BCUT2D eigenvalue weighted by Gasteiger charge is 2.11. The molecule has 2 heterocycles. The summed E-state index contributed by atoms with van der Waals surface area (Å²) in [4.78, 5) is 18.4. The summed E-state index contributed by atoms with van der Waals surface area (Å²) in [6, 6.07) is 5.63. The number of nitriles is 1. The van der Waals surface area contributed by atoms with E-state index in [0.717, 1.165) is 38.3 Å². The smallest absolute Gasteiger partial charge is 0.263 e. The average Bonchev–Trinajstić information content (AvgIpc) is 2.56. The van der Waals surface area contributed by atoms with Gasteiger partial charge in [-0.05, 0) is 24.6 Å². The number of amides is 1. The maximum absolute atomic E-state index is 12.0. The molecule has 0 atom stereocenters. The van der Waals surface area contributed by atoms with Crippen LogP contribution in [0.25, 0.3) is 0 Å². The lowest BCUT2D eigenvalue weighted by atomic mass is 10.3. The molecule has 0 aliphatic carbocycles. The average molecular weight is 314 g/mol. The molecule has 1 amide bonds. The SMILES string of the molecule is Cc1ccnc(N/C=C(/C#N)C(=O)NCCN2CCNCC2)c1. The molecule has 2 rings (SSSR count). The van der Waals surface area contributed by atoms with E-state index in [4.69, 9.17) is 5.26 Å². The fraction of sp³-hybridized carbons (Fsp3) is 0.438. The van der Waals surface area contributed by atoms with Crippen LogP contribution in [0.4, 0.5) is 5.82 Å². The van der Waals surface area contributed by atoms with Crippen LogP contribution in [0.1, 0.15) is 5.56 Å². The number of carbonyl (C=O) groups is 1. The van der Waals surface area contributed by atoms with Crippen LogP contribution in [0.2, 0.25) is 0 Å². The minimum atomic E-state index is -0.372. The summed E-state index contributed by atoms with van der Waals surface area (Å²) in [5.74, 6) is 0.231. The van der Waals surface area contributed by atoms with Crippen molar-refractivity contribution in [1.82, 2.24) is 20.5 Å². The summed E-state index contributed by atoms with van der Waals surface area (Å²) >= 11 is 0. The van der Waals surface area contributed by atoms with Crippen molar-refractivity contribution in [3.63, 3.8) is 0 Å². The Labute approximate surface area is 136 Å². The van der Waals surface area contributed by atoms with Gasteiger partial charge in [-0.3, -0.25) is 9.69 Å². The molecule has 1 aromatic heterocycles. The lowest BCUT2D eigenvalue weighted by molar-refractivity contribution is -0.117. The lowest BCUT2D eigenvalue weighted by Gasteiger charge is -2.27. The van der Waals surface area contributed by atoms with Gasteiger partial charge < -0.3 is 16.0 Å². The van der Waals surface area contributed by atoms with Crippen LogP contribution in [0.5, 0.6) is 0 Å². The summed E-state index contributed by atoms with van der Waals surface area (Å²) in [5, 5.41) is 18.1. The van der Waals surface area contributed by atoms with Crippen molar-refractivity contribution >= 4 is 11.7 Å². The second-order valence-electron chi connectivity index (χ2n) is 5.38. The third-order valence-electron chi connectivity index (χ3n) is 3.57. The number of nitrogens with one attached hydrogen (secondary N) is 3. The van der Waals surface area contributed by atoms with Crippen LogP contribution in [-0.4, -0.2) is 55.1 Å². The van der Waals surface area contributed by atoms with Crippen molar-refractivity contribution < 1.29 is 4.79 Å². The summed E-state index contributed by atoms with van der Waals surface area (Å²) < 4.78 is 0. The number of anilines is 1. The summed E-state index contributed by atoms with van der Waals surface area (Å²) in [6.45, 7) is 7.19. The van der Waals surface area contributed by atoms with E-state index in [2.05, 4.69) is 25.8 Å². The highest BCUT2D eigenvalue weighted by atomic mass is 16.1. The molecule has 0 aromatic carbocycles. The van der Waals surface area contributed by atoms with Crippen LogP contribution in [-0.2, 0) is 4.79 Å². The molecule has 0 unspecified atom stereocenters. The van der Waals surface area contributed by atoms with E-state index in [9.17, 15) is 4.79 Å². The molecule has 1 aliphatic heterocycles. The number of nitrogens with zero attached hydrogens (tertiary/aromatic N) is 3. The first-order valence-electron chi connectivity index (χ1n) is 7.70. The van der Waals surface area contributed by atoms with E-state index in [1.165, 1.54) is 6.20 Å². The molecule has 1 aromatic rings. The molecule has 0 spiro atoms. The zero-order valence-corrected chi connectivity index (χ0v) is 13.3. The van der Waals surface area contributed by atoms with Gasteiger partial charge in [-0.15, -0.1) is 0 Å². The maximum atomic E-state index is 12.0. The van der Waals surface area contributed by atoms with Gasteiger partial charge in [-0.2, -0.15) is 5.26 Å². The second-order valence-corrected chi connectivity index (χ2v) is 5.38. The molecule has 1 aliphatic rings. The van der Waals surface area contributed by atoms with Crippen molar-refractivity contribution in [3.05, 3.63) is 35.7 Å². The van der Waals surface area contributed by atoms with Gasteiger partial charge in [0.25, 0.3) is 5.91 Å². The van der Waals surface area contributed by atoms with Crippen molar-refractivity contribution in [3.8, 4) is 6.07 Å². The lowest BCUT2D eigenvalue weighted by Crippen LogP contribution is -2.46. The number of rotatable bonds is 6. The zero-order valence-electron chi connectivity index (χ0n) is 13.3. The summed E-state index contributed by atoms with van der Waals surface area (Å²) in [5.41, 5.74) is 1.09. The number of pyridine rings is 1. The third-order valence-corrected chi connectivity index (χ3v) is 3.57. The van der Waals surface area contributed by atoms with Crippen LogP contribution in [0, 0.1) is 18.3 Å². The number of hydrogen-bond donors (Lipinski definition) is 3. The molecule has 0 radical (unpaired) electrons. The number of piperazine rings is 1. The number of aryl methyl sites for hydroxylation is 1. The highest BCUT2D eigenvalue weighted by molar-refractivity contribution is 5.97. The second kappa shape index (κ2) is 8.88. The Morgan fingerprint density at radius 1 is 1.52 bits per heavy atom. The van der Waals surface area contributed by atoms with Crippen LogP contribution < -0.4 is 16.0 Å². The van der Waals surface area contributed by atoms with Crippen molar-refractivity contribution in [2.24, 2.45) is 0 Å². The van der Waals surface area contributed by atoms with Crippen LogP contribution in [0.3, 0.4) is 0 Å². The molecule has 1 fully saturated rings. The van der Waals surface area contributed by atoms with Gasteiger partial charge in [-0.1, -0.05) is 0 Å². The van der Waals surface area contributed by atoms with E-state index in [1.807, 2.05) is 25.1 Å². The minimum Gasteiger partial charge on any atom is -0.350 e. The zero-order chi connectivity index (χ0) is 16.5. The molecule has 7 nitrogen and oxygen atoms in total. The van der Waals surface area contributed by atoms with E-state index in [0.29, 0.717) is 12.4 Å². The first kappa shape index (κ1) is 16.9. The van der Waals surface area contributed by atoms with Crippen molar-refractivity contribution in [2.45, 2.75) is 6.92 Å². The number of hydrogen-bond acceptors (Lipinski definition) is 6. The van der Waals surface area contributed by atoms with Gasteiger partial charge in [0.1, 0.15) is 17.5 Å². The van der Waals surface area contributed by atoms with E-state index in [1.54, 1.807) is 6.20 Å². The van der Waals surface area contributed by atoms with E-state index in [-0.39, 0.29) is 11.5 Å². The van der Waals surface area contributed by atoms with Crippen molar-refractivity contribution in [1.29, 1.82) is 5.26 Å². The number of aromatic nitrogens is 1. The molecule has 3 N–H and O–H groups in total. The first-order chi connectivity index (χ1) is 11.2. The Morgan fingerprint density at radius 3 is 3.00 bits per heavy atom. The summed E-state index contributed by atoms with van der Waals surface area (Å²) in [6.07, 6.45) is 3.06. The molecular weight excluding hydrogens is 292 g/mol. The van der Waals surface area contributed by atoms with Gasteiger partial charge in [0, 0.05) is 51.7 Å². The quantitative estimate of drug-likeness (QED) is 0.514. The molecule has 122 valence electrons. The fourth-order valence-electron chi connectivity index (χ4n) is 2.27. The Kier molecular flexibility index (Phi) is 6.54. The predicted molar refractivity (Wildman–Crippen MR) is 88.6 cm³/mol. The summed E-state index contributed by atoms with van der Waals surface area (Å²) in [7, 11) is 0. The third kappa shape index (κ3) is 5.70. The molecule has 7 heteroatoms. The van der Waals surface area contributed by atoms with Gasteiger partial charge in [0.05, 0.1) is 0 Å². The van der Waals surface area contributed by atoms with Gasteiger partial charge in [0.2, 0.25) is 0 Å². The van der Waals surface area contributed by atoms with Gasteiger partial charge in [-0.25, -0.2) is 4.98 Å². The monoisotopic (exact) mass is 314 g/mol. The van der Waals surface area contributed by atoms with Gasteiger partial charge >= 0.3 is 0 Å². The Hall–Kier alpha value is -2.43. The number of carbonyl (C=O) groups excluding carboxylic acids is 1. The topological polar surface area (TPSA) is 93.1 Å². The predicted octanol–water partition coefficient (Wildman–Crippen LogP) is 0.231. The van der Waals surface area contributed by atoms with E-state index < -0.39 is 0 Å². The van der Waals surface area contributed by atoms with Gasteiger partial charge in [0.15, 0.2) is 0 Å². The minimum absolute atomic E-state index is 0.0358. The Bertz CT molecular complexity index is 601. The Morgan fingerprint density at radius 2 is 2.30 bits per heavy atom. The highest BCUT2D eigenvalue weighted by Crippen LogP contribution is 2.06. The van der Waals surface area contributed by atoms with E-state index >= 15 is 0 Å². The van der Waals surface area contributed by atoms with Crippen molar-refractivity contribution in [2.75, 3.05) is 44.6 Å². The Balaban J connectivity index is 1.80.